The van der Waals surface area contributed by atoms with Crippen LogP contribution >= 0.6 is 0 Å². The third kappa shape index (κ3) is 12.7. The average molecular weight is 409 g/mol. The highest BCUT2D eigenvalue weighted by molar-refractivity contribution is 5.77. The smallest absolute Gasteiger partial charge is 0.212 e. The molecule has 0 aliphatic carbocycles. The van der Waals surface area contributed by atoms with Crippen LogP contribution in [0.5, 0.6) is 11.5 Å². The first kappa shape index (κ1) is 25.6. The van der Waals surface area contributed by atoms with Gasteiger partial charge in [-0.1, -0.05) is 104 Å². The third-order valence-electron chi connectivity index (χ3n) is 5.35. The summed E-state index contributed by atoms with van der Waals surface area (Å²) in [4.78, 5) is 11.2. The summed E-state index contributed by atoms with van der Waals surface area (Å²) >= 11 is 0. The van der Waals surface area contributed by atoms with Crippen molar-refractivity contribution in [3.63, 3.8) is 0 Å². The van der Waals surface area contributed by atoms with Gasteiger partial charge in [0.1, 0.15) is 6.26 Å². The highest BCUT2D eigenvalue weighted by atomic mass is 16.5. The quantitative estimate of drug-likeness (QED) is 0.152. The van der Waals surface area contributed by atoms with E-state index in [1.54, 1.807) is 0 Å². The van der Waals surface area contributed by atoms with Crippen molar-refractivity contribution >= 4 is 6.29 Å². The summed E-state index contributed by atoms with van der Waals surface area (Å²) in [6, 6.07) is 0. The second-order valence-corrected chi connectivity index (χ2v) is 8.06. The minimum absolute atomic E-state index is 0.232. The molecule has 0 aliphatic rings. The van der Waals surface area contributed by atoms with E-state index < -0.39 is 0 Å². The standard InChI is InChI=1S/C25H44O4/c1-3-5-7-9-11-13-15-17-19-27-24-22-29-23(21-26)25(24)28-20-18-16-14-12-10-8-6-4-2/h21-22H,3-20H2,1-2H3. The Balaban J connectivity index is 2.15. The number of hydrogen-bond donors (Lipinski definition) is 0. The molecule has 29 heavy (non-hydrogen) atoms. The van der Waals surface area contributed by atoms with Crippen molar-refractivity contribution in [2.24, 2.45) is 0 Å². The van der Waals surface area contributed by atoms with Crippen LogP contribution < -0.4 is 9.47 Å². The summed E-state index contributed by atoms with van der Waals surface area (Å²) in [6.07, 6.45) is 22.4. The summed E-state index contributed by atoms with van der Waals surface area (Å²) in [5.41, 5.74) is 0. The third-order valence-corrected chi connectivity index (χ3v) is 5.35. The van der Waals surface area contributed by atoms with Crippen molar-refractivity contribution in [1.29, 1.82) is 0 Å². The van der Waals surface area contributed by atoms with E-state index >= 15 is 0 Å². The maximum Gasteiger partial charge on any atom is 0.212 e. The first-order chi connectivity index (χ1) is 14.3. The van der Waals surface area contributed by atoms with Gasteiger partial charge >= 0.3 is 0 Å². The van der Waals surface area contributed by atoms with E-state index in [0.717, 1.165) is 19.3 Å². The van der Waals surface area contributed by atoms with E-state index in [1.807, 2.05) is 0 Å². The number of rotatable bonds is 21. The summed E-state index contributed by atoms with van der Waals surface area (Å²) in [7, 11) is 0. The Bertz CT molecular complexity index is 495. The van der Waals surface area contributed by atoms with Gasteiger partial charge in [-0.25, -0.2) is 0 Å². The zero-order valence-corrected chi connectivity index (χ0v) is 19.0. The Morgan fingerprint density at radius 2 is 1.14 bits per heavy atom. The zero-order chi connectivity index (χ0) is 21.0. The molecular weight excluding hydrogens is 364 g/mol. The van der Waals surface area contributed by atoms with Crippen molar-refractivity contribution in [3.8, 4) is 11.5 Å². The van der Waals surface area contributed by atoms with Gasteiger partial charge in [0.05, 0.1) is 13.2 Å². The zero-order valence-electron chi connectivity index (χ0n) is 19.0. The van der Waals surface area contributed by atoms with Gasteiger partial charge in [-0.05, 0) is 12.8 Å². The van der Waals surface area contributed by atoms with Gasteiger partial charge in [0.2, 0.25) is 17.3 Å². The molecule has 0 fully saturated rings. The number of furan rings is 1. The molecule has 1 heterocycles. The van der Waals surface area contributed by atoms with Crippen LogP contribution in [-0.2, 0) is 0 Å². The van der Waals surface area contributed by atoms with E-state index in [9.17, 15) is 4.79 Å². The van der Waals surface area contributed by atoms with Crippen LogP contribution in [0.1, 0.15) is 127 Å². The van der Waals surface area contributed by atoms with E-state index in [0.29, 0.717) is 31.0 Å². The fourth-order valence-electron chi connectivity index (χ4n) is 3.50. The van der Waals surface area contributed by atoms with Crippen LogP contribution in [0.25, 0.3) is 0 Å². The van der Waals surface area contributed by atoms with Gasteiger partial charge in [-0.2, -0.15) is 0 Å². The van der Waals surface area contributed by atoms with Gasteiger partial charge in [-0.3, -0.25) is 4.79 Å². The molecule has 1 aromatic rings. The van der Waals surface area contributed by atoms with E-state index in [-0.39, 0.29) is 5.76 Å². The first-order valence-electron chi connectivity index (χ1n) is 12.2. The number of ether oxygens (including phenoxy) is 2. The average Bonchev–Trinajstić information content (AvgIpc) is 3.13. The second kappa shape index (κ2) is 18.6. The minimum Gasteiger partial charge on any atom is -0.487 e. The topological polar surface area (TPSA) is 48.7 Å². The van der Waals surface area contributed by atoms with Crippen molar-refractivity contribution in [2.45, 2.75) is 117 Å². The summed E-state index contributed by atoms with van der Waals surface area (Å²) in [5, 5.41) is 0. The molecule has 0 saturated heterocycles. The Morgan fingerprint density at radius 3 is 1.62 bits per heavy atom. The van der Waals surface area contributed by atoms with Crippen LogP contribution in [0.4, 0.5) is 0 Å². The van der Waals surface area contributed by atoms with Gasteiger partial charge in [0.25, 0.3) is 0 Å². The predicted molar refractivity (Wildman–Crippen MR) is 120 cm³/mol. The molecule has 0 N–H and O–H groups in total. The highest BCUT2D eigenvalue weighted by Crippen LogP contribution is 2.33. The molecule has 0 bridgehead atoms. The first-order valence-corrected chi connectivity index (χ1v) is 12.2. The van der Waals surface area contributed by atoms with Gasteiger partial charge in [0, 0.05) is 0 Å². The van der Waals surface area contributed by atoms with Crippen LogP contribution in [-0.4, -0.2) is 19.5 Å². The molecule has 1 aromatic heterocycles. The molecule has 1 rings (SSSR count). The lowest BCUT2D eigenvalue weighted by atomic mass is 10.1. The molecule has 0 radical (unpaired) electrons. The fraction of sp³-hybridized carbons (Fsp3) is 0.800. The molecule has 0 spiro atoms. The molecule has 4 nitrogen and oxygen atoms in total. The molecule has 0 aliphatic heterocycles. The molecule has 0 saturated carbocycles. The maximum absolute atomic E-state index is 11.2. The van der Waals surface area contributed by atoms with Crippen molar-refractivity contribution in [2.75, 3.05) is 13.2 Å². The van der Waals surface area contributed by atoms with Crippen LogP contribution in [0.15, 0.2) is 10.7 Å². The number of carbonyl (C=O) groups excluding carboxylic acids is 1. The molecule has 0 atom stereocenters. The lowest BCUT2D eigenvalue weighted by Crippen LogP contribution is -2.02. The summed E-state index contributed by atoms with van der Waals surface area (Å²) < 4.78 is 16.9. The number of unbranched alkanes of at least 4 members (excludes halogenated alkanes) is 14. The van der Waals surface area contributed by atoms with E-state index in [2.05, 4.69) is 13.8 Å². The number of aldehydes is 1. The van der Waals surface area contributed by atoms with Crippen LogP contribution in [0.3, 0.4) is 0 Å². The number of hydrogen-bond acceptors (Lipinski definition) is 4. The van der Waals surface area contributed by atoms with Gasteiger partial charge in [-0.15, -0.1) is 0 Å². The van der Waals surface area contributed by atoms with E-state index in [4.69, 9.17) is 13.9 Å². The molecule has 168 valence electrons. The predicted octanol–water partition coefficient (Wildman–Crippen LogP) is 8.13. The van der Waals surface area contributed by atoms with Crippen molar-refractivity contribution in [3.05, 3.63) is 12.0 Å². The normalized spacial score (nSPS) is 11.0. The maximum atomic E-state index is 11.2. The SMILES string of the molecule is CCCCCCCCCCOc1coc(C=O)c1OCCCCCCCCCC. The minimum atomic E-state index is 0.232. The lowest BCUT2D eigenvalue weighted by Gasteiger charge is -2.09. The molecule has 4 heteroatoms. The van der Waals surface area contributed by atoms with Crippen molar-refractivity contribution < 1.29 is 18.7 Å². The van der Waals surface area contributed by atoms with Crippen LogP contribution in [0.2, 0.25) is 0 Å². The highest BCUT2D eigenvalue weighted by Gasteiger charge is 2.16. The van der Waals surface area contributed by atoms with Crippen LogP contribution in [0, 0.1) is 0 Å². The van der Waals surface area contributed by atoms with Crippen molar-refractivity contribution in [1.82, 2.24) is 0 Å². The van der Waals surface area contributed by atoms with Gasteiger partial charge < -0.3 is 13.9 Å². The monoisotopic (exact) mass is 408 g/mol. The second-order valence-electron chi connectivity index (χ2n) is 8.06. The van der Waals surface area contributed by atoms with E-state index in [1.165, 1.54) is 89.7 Å². The molecule has 0 aromatic carbocycles. The summed E-state index contributed by atoms with van der Waals surface area (Å²) in [5.74, 6) is 1.27. The lowest BCUT2D eigenvalue weighted by molar-refractivity contribution is 0.109. The fourth-order valence-corrected chi connectivity index (χ4v) is 3.50. The Kier molecular flexibility index (Phi) is 16.4. The molecule has 0 amide bonds. The van der Waals surface area contributed by atoms with Gasteiger partial charge in [0.15, 0.2) is 6.29 Å². The molecule has 0 unspecified atom stereocenters. The Morgan fingerprint density at radius 1 is 0.690 bits per heavy atom. The largest absolute Gasteiger partial charge is 0.487 e. The number of carbonyl (C=O) groups is 1. The summed E-state index contributed by atoms with van der Waals surface area (Å²) in [6.45, 7) is 5.73. The molecular formula is C25H44O4. The Labute approximate surface area is 178 Å². The Hall–Kier alpha value is -1.45.